The molecule has 0 aromatic carbocycles. The normalized spacial score (nSPS) is 10.6. The fraction of sp³-hybridized carbons (Fsp3) is 0.600. The molecule has 1 rings (SSSR count). The van der Waals surface area contributed by atoms with Crippen LogP contribution in [0.3, 0.4) is 0 Å². The van der Waals surface area contributed by atoms with Crippen molar-refractivity contribution < 1.29 is 9.72 Å². The molecule has 0 aliphatic carbocycles. The largest absolute Gasteiger partial charge is 0.354 e. The zero-order valence-corrected chi connectivity index (χ0v) is 10.1. The van der Waals surface area contributed by atoms with Gasteiger partial charge in [-0.3, -0.25) is 19.6 Å². The van der Waals surface area contributed by atoms with E-state index in [9.17, 15) is 14.9 Å². The topological polar surface area (TPSA) is 90.1 Å². The van der Waals surface area contributed by atoms with Crippen LogP contribution in [0.15, 0.2) is 6.20 Å². The Morgan fingerprint density at radius 1 is 1.65 bits per heavy atom. The first-order valence-electron chi connectivity index (χ1n) is 5.35. The van der Waals surface area contributed by atoms with Gasteiger partial charge < -0.3 is 5.32 Å². The van der Waals surface area contributed by atoms with E-state index >= 15 is 0 Å². The van der Waals surface area contributed by atoms with Crippen LogP contribution in [0.4, 0.5) is 5.69 Å². The maximum atomic E-state index is 11.5. The molecule has 0 bridgehead atoms. The number of nitrogens with zero attached hydrogens (tertiary/aromatic N) is 3. The number of rotatable bonds is 5. The zero-order valence-electron chi connectivity index (χ0n) is 10.1. The Balaban J connectivity index is 2.63. The van der Waals surface area contributed by atoms with Gasteiger partial charge in [-0.25, -0.2) is 0 Å². The number of nitrogens with one attached hydrogen (secondary N) is 1. The van der Waals surface area contributed by atoms with E-state index in [1.54, 1.807) is 6.92 Å². The number of amides is 1. The molecule has 1 N–H and O–H groups in total. The molecule has 0 radical (unpaired) electrons. The summed E-state index contributed by atoms with van der Waals surface area (Å²) in [5.74, 6) is 0.173. The molecule has 0 aliphatic heterocycles. The number of carbonyl (C=O) groups excluding carboxylic acids is 1. The van der Waals surface area contributed by atoms with E-state index < -0.39 is 4.92 Å². The Morgan fingerprint density at radius 3 is 2.76 bits per heavy atom. The van der Waals surface area contributed by atoms with Gasteiger partial charge in [-0.1, -0.05) is 13.8 Å². The number of hydrogen-bond acceptors (Lipinski definition) is 4. The Labute approximate surface area is 99.0 Å². The van der Waals surface area contributed by atoms with E-state index in [4.69, 9.17) is 0 Å². The molecule has 1 aromatic rings. The number of aromatic nitrogens is 2. The highest BCUT2D eigenvalue weighted by molar-refractivity contribution is 5.75. The summed E-state index contributed by atoms with van der Waals surface area (Å²) in [5.41, 5.74) is 0.316. The molecule has 0 saturated carbocycles. The summed E-state index contributed by atoms with van der Waals surface area (Å²) in [6, 6.07) is 0. The second kappa shape index (κ2) is 5.42. The van der Waals surface area contributed by atoms with Crippen LogP contribution >= 0.6 is 0 Å². The van der Waals surface area contributed by atoms with Crippen LogP contribution in [0.1, 0.15) is 19.5 Å². The summed E-state index contributed by atoms with van der Waals surface area (Å²) in [6.07, 6.45) is 1.16. The van der Waals surface area contributed by atoms with Crippen molar-refractivity contribution in [2.24, 2.45) is 5.92 Å². The maximum Gasteiger partial charge on any atom is 0.309 e. The summed E-state index contributed by atoms with van der Waals surface area (Å²) in [7, 11) is 0. The van der Waals surface area contributed by atoms with Gasteiger partial charge in [0.05, 0.1) is 4.92 Å². The van der Waals surface area contributed by atoms with Gasteiger partial charge in [0.25, 0.3) is 0 Å². The van der Waals surface area contributed by atoms with Crippen LogP contribution in [0.5, 0.6) is 0 Å². The molecule has 1 amide bonds. The summed E-state index contributed by atoms with van der Waals surface area (Å²) < 4.78 is 1.33. The molecule has 0 aliphatic rings. The van der Waals surface area contributed by atoms with Gasteiger partial charge in [0.15, 0.2) is 0 Å². The molecule has 94 valence electrons. The van der Waals surface area contributed by atoms with Crippen LogP contribution in [0.2, 0.25) is 0 Å². The van der Waals surface area contributed by atoms with Crippen molar-refractivity contribution in [3.8, 4) is 0 Å². The van der Waals surface area contributed by atoms with E-state index in [0.29, 0.717) is 18.2 Å². The van der Waals surface area contributed by atoms with Crippen molar-refractivity contribution in [2.75, 3.05) is 6.54 Å². The van der Waals surface area contributed by atoms with Gasteiger partial charge in [0.2, 0.25) is 5.91 Å². The summed E-state index contributed by atoms with van der Waals surface area (Å²) in [6.45, 7) is 6.14. The molecule has 1 aromatic heterocycles. The molecule has 0 fully saturated rings. The third-order valence-electron chi connectivity index (χ3n) is 2.27. The van der Waals surface area contributed by atoms with Gasteiger partial charge in [-0.15, -0.1) is 0 Å². The molecular formula is C10H16N4O3. The van der Waals surface area contributed by atoms with Crippen molar-refractivity contribution in [1.82, 2.24) is 15.1 Å². The average Bonchev–Trinajstić information content (AvgIpc) is 2.58. The van der Waals surface area contributed by atoms with Crippen LogP contribution in [0, 0.1) is 23.0 Å². The SMILES string of the molecule is Cc1c([N+](=O)[O-])cnn1CC(=O)NCC(C)C. The van der Waals surface area contributed by atoms with Crippen molar-refractivity contribution in [3.63, 3.8) is 0 Å². The third-order valence-corrected chi connectivity index (χ3v) is 2.27. The molecule has 0 spiro atoms. The minimum atomic E-state index is -0.509. The van der Waals surface area contributed by atoms with Gasteiger partial charge in [0, 0.05) is 6.54 Å². The Hall–Kier alpha value is -1.92. The first kappa shape index (κ1) is 13.1. The van der Waals surface area contributed by atoms with Crippen LogP contribution in [0.25, 0.3) is 0 Å². The van der Waals surface area contributed by atoms with Crippen molar-refractivity contribution >= 4 is 11.6 Å². The van der Waals surface area contributed by atoms with Crippen molar-refractivity contribution in [3.05, 3.63) is 22.0 Å². The van der Waals surface area contributed by atoms with E-state index in [1.807, 2.05) is 13.8 Å². The number of nitro groups is 1. The highest BCUT2D eigenvalue weighted by Crippen LogP contribution is 2.15. The van der Waals surface area contributed by atoms with E-state index in [-0.39, 0.29) is 18.1 Å². The van der Waals surface area contributed by atoms with Crippen molar-refractivity contribution in [2.45, 2.75) is 27.3 Å². The summed E-state index contributed by atoms with van der Waals surface area (Å²) in [4.78, 5) is 21.6. The predicted molar refractivity (Wildman–Crippen MR) is 61.5 cm³/mol. The predicted octanol–water partition coefficient (Wildman–Crippen LogP) is 0.872. The maximum absolute atomic E-state index is 11.5. The lowest BCUT2D eigenvalue weighted by Gasteiger charge is -2.08. The van der Waals surface area contributed by atoms with E-state index in [2.05, 4.69) is 10.4 Å². The Bertz CT molecular complexity index is 425. The molecule has 0 unspecified atom stereocenters. The lowest BCUT2D eigenvalue weighted by atomic mass is 10.2. The second-order valence-corrected chi connectivity index (χ2v) is 4.23. The summed E-state index contributed by atoms with van der Waals surface area (Å²) in [5, 5.41) is 17.1. The van der Waals surface area contributed by atoms with E-state index in [1.165, 1.54) is 4.68 Å². The van der Waals surface area contributed by atoms with Crippen LogP contribution in [-0.2, 0) is 11.3 Å². The molecule has 7 nitrogen and oxygen atoms in total. The Kier molecular flexibility index (Phi) is 4.19. The molecular weight excluding hydrogens is 224 g/mol. The van der Waals surface area contributed by atoms with E-state index in [0.717, 1.165) is 6.20 Å². The smallest absolute Gasteiger partial charge is 0.309 e. The summed E-state index contributed by atoms with van der Waals surface area (Å²) >= 11 is 0. The van der Waals surface area contributed by atoms with Crippen LogP contribution in [-0.4, -0.2) is 27.2 Å². The number of hydrogen-bond donors (Lipinski definition) is 1. The monoisotopic (exact) mass is 240 g/mol. The molecule has 7 heteroatoms. The quantitative estimate of drug-likeness (QED) is 0.610. The van der Waals surface area contributed by atoms with Gasteiger partial charge in [-0.05, 0) is 12.8 Å². The molecule has 0 saturated heterocycles. The first-order chi connectivity index (χ1) is 7.91. The van der Waals surface area contributed by atoms with Gasteiger partial charge >= 0.3 is 5.69 Å². The molecule has 0 atom stereocenters. The van der Waals surface area contributed by atoms with Crippen LogP contribution < -0.4 is 5.32 Å². The molecule has 17 heavy (non-hydrogen) atoms. The lowest BCUT2D eigenvalue weighted by Crippen LogP contribution is -2.31. The Morgan fingerprint density at radius 2 is 2.29 bits per heavy atom. The zero-order chi connectivity index (χ0) is 13.0. The highest BCUT2D eigenvalue weighted by Gasteiger charge is 2.17. The first-order valence-corrected chi connectivity index (χ1v) is 5.35. The molecule has 1 heterocycles. The minimum absolute atomic E-state index is 0.00634. The highest BCUT2D eigenvalue weighted by atomic mass is 16.6. The third kappa shape index (κ3) is 3.54. The number of carbonyl (C=O) groups is 1. The fourth-order valence-corrected chi connectivity index (χ4v) is 1.29. The average molecular weight is 240 g/mol. The fourth-order valence-electron chi connectivity index (χ4n) is 1.29. The van der Waals surface area contributed by atoms with Gasteiger partial charge in [-0.2, -0.15) is 5.10 Å². The second-order valence-electron chi connectivity index (χ2n) is 4.23. The lowest BCUT2D eigenvalue weighted by molar-refractivity contribution is -0.385. The minimum Gasteiger partial charge on any atom is -0.354 e. The van der Waals surface area contributed by atoms with Crippen molar-refractivity contribution in [1.29, 1.82) is 0 Å². The van der Waals surface area contributed by atoms with Gasteiger partial charge in [0.1, 0.15) is 18.4 Å². The standard InChI is InChI=1S/C10H16N4O3/c1-7(2)4-11-10(15)6-13-8(3)9(5-12-13)14(16)17/h5,7H,4,6H2,1-3H3,(H,11,15).